The molecule has 1 atom stereocenters. The van der Waals surface area contributed by atoms with Crippen molar-refractivity contribution in [3.63, 3.8) is 0 Å². The van der Waals surface area contributed by atoms with Gasteiger partial charge >= 0.3 is 12.1 Å². The van der Waals surface area contributed by atoms with Gasteiger partial charge in [0.2, 0.25) is 0 Å². The largest absolute Gasteiger partial charge is 0.481 e. The number of rotatable bonds is 7. The summed E-state index contributed by atoms with van der Waals surface area (Å²) < 4.78 is 5.53. The van der Waals surface area contributed by atoms with Crippen molar-refractivity contribution in [1.29, 1.82) is 0 Å². The van der Waals surface area contributed by atoms with Crippen LogP contribution in [-0.4, -0.2) is 57.9 Å². The van der Waals surface area contributed by atoms with Gasteiger partial charge in [0, 0.05) is 31.5 Å². The second-order valence-electron chi connectivity index (χ2n) is 8.96. The topological polar surface area (TPSA) is 125 Å². The Kier molecular flexibility index (Phi) is 6.22. The van der Waals surface area contributed by atoms with Gasteiger partial charge in [0.25, 0.3) is 5.91 Å². The molecular formula is C26H26N4O5. The van der Waals surface area contributed by atoms with E-state index in [0.717, 1.165) is 28.7 Å². The first-order valence-electron chi connectivity index (χ1n) is 11.7. The minimum atomic E-state index is -0.827. The summed E-state index contributed by atoms with van der Waals surface area (Å²) in [4.78, 5) is 37.7. The third-order valence-corrected chi connectivity index (χ3v) is 6.72. The van der Waals surface area contributed by atoms with Crippen molar-refractivity contribution in [2.75, 3.05) is 25.0 Å². The number of aromatic nitrogens is 2. The molecule has 9 heteroatoms. The lowest BCUT2D eigenvalue weighted by atomic mass is 9.98. The number of fused-ring (bicyclic) bond motifs is 3. The molecule has 180 valence electrons. The number of anilines is 1. The first-order valence-corrected chi connectivity index (χ1v) is 11.7. The van der Waals surface area contributed by atoms with Crippen LogP contribution in [0.1, 0.15) is 46.8 Å². The molecule has 1 aliphatic carbocycles. The molecule has 2 aliphatic rings. The molecule has 9 nitrogen and oxygen atoms in total. The van der Waals surface area contributed by atoms with E-state index in [4.69, 9.17) is 9.84 Å². The summed E-state index contributed by atoms with van der Waals surface area (Å²) in [5.74, 6) is -0.722. The molecule has 0 radical (unpaired) electrons. The Morgan fingerprint density at radius 2 is 1.77 bits per heavy atom. The van der Waals surface area contributed by atoms with Crippen LogP contribution in [-0.2, 0) is 9.53 Å². The third-order valence-electron chi connectivity index (χ3n) is 6.72. The lowest BCUT2D eigenvalue weighted by Gasteiger charge is -2.15. The number of nitrogens with one attached hydrogen (secondary N) is 2. The quantitative estimate of drug-likeness (QED) is 0.474. The highest BCUT2D eigenvalue weighted by Gasteiger charge is 2.30. The normalized spacial score (nSPS) is 16.6. The van der Waals surface area contributed by atoms with Crippen LogP contribution in [0.4, 0.5) is 10.6 Å². The van der Waals surface area contributed by atoms with Crippen molar-refractivity contribution < 1.29 is 24.2 Å². The molecule has 2 heterocycles. The summed E-state index contributed by atoms with van der Waals surface area (Å²) in [5, 5.41) is 18.1. The van der Waals surface area contributed by atoms with E-state index in [-0.39, 0.29) is 42.3 Å². The molecular weight excluding hydrogens is 448 g/mol. The van der Waals surface area contributed by atoms with Crippen LogP contribution in [0.15, 0.2) is 54.6 Å². The van der Waals surface area contributed by atoms with Gasteiger partial charge in [-0.05, 0) is 41.0 Å². The van der Waals surface area contributed by atoms with Gasteiger partial charge in [0.15, 0.2) is 5.82 Å². The fourth-order valence-electron chi connectivity index (χ4n) is 4.99. The monoisotopic (exact) mass is 474 g/mol. The number of aromatic amines is 1. The van der Waals surface area contributed by atoms with Gasteiger partial charge in [-0.15, -0.1) is 0 Å². The third kappa shape index (κ3) is 4.75. The van der Waals surface area contributed by atoms with Crippen LogP contribution in [0.3, 0.4) is 0 Å². The minimum absolute atomic E-state index is 0.0475. The van der Waals surface area contributed by atoms with Crippen molar-refractivity contribution >= 4 is 23.8 Å². The second kappa shape index (κ2) is 9.61. The van der Waals surface area contributed by atoms with Gasteiger partial charge in [-0.3, -0.25) is 20.0 Å². The van der Waals surface area contributed by atoms with Crippen molar-refractivity contribution in [1.82, 2.24) is 15.1 Å². The molecule has 35 heavy (non-hydrogen) atoms. The predicted octanol–water partition coefficient (Wildman–Crippen LogP) is 4.10. The minimum Gasteiger partial charge on any atom is -0.481 e. The van der Waals surface area contributed by atoms with E-state index < -0.39 is 12.1 Å². The highest BCUT2D eigenvalue weighted by Crippen LogP contribution is 2.44. The zero-order valence-corrected chi connectivity index (χ0v) is 19.1. The smallest absolute Gasteiger partial charge is 0.412 e. The SMILES string of the molecule is O=C(O)CCC1CCN(C(=O)c2cc(NC(=O)OCC3c4ccccc4-c4ccccc43)n[nH]2)C1. The maximum absolute atomic E-state index is 12.8. The van der Waals surface area contributed by atoms with Gasteiger partial charge < -0.3 is 14.7 Å². The van der Waals surface area contributed by atoms with Crippen molar-refractivity contribution in [2.24, 2.45) is 5.92 Å². The fraction of sp³-hybridized carbons (Fsp3) is 0.308. The van der Waals surface area contributed by atoms with Crippen LogP contribution in [0, 0.1) is 5.92 Å². The molecule has 2 aromatic carbocycles. The number of H-pyrrole nitrogens is 1. The van der Waals surface area contributed by atoms with E-state index in [1.165, 1.54) is 6.07 Å². The summed E-state index contributed by atoms with van der Waals surface area (Å²) in [7, 11) is 0. The van der Waals surface area contributed by atoms with Crippen molar-refractivity contribution in [3.05, 3.63) is 71.4 Å². The van der Waals surface area contributed by atoms with Crippen LogP contribution in [0.25, 0.3) is 11.1 Å². The lowest BCUT2D eigenvalue weighted by molar-refractivity contribution is -0.137. The molecule has 1 aromatic heterocycles. The maximum Gasteiger partial charge on any atom is 0.412 e. The number of amides is 2. The second-order valence-corrected chi connectivity index (χ2v) is 8.96. The average Bonchev–Trinajstić information content (AvgIpc) is 3.59. The summed E-state index contributed by atoms with van der Waals surface area (Å²) >= 11 is 0. The highest BCUT2D eigenvalue weighted by atomic mass is 16.5. The van der Waals surface area contributed by atoms with Crippen molar-refractivity contribution in [3.8, 4) is 11.1 Å². The van der Waals surface area contributed by atoms with E-state index >= 15 is 0 Å². The number of carbonyl (C=O) groups excluding carboxylic acids is 2. The maximum atomic E-state index is 12.8. The molecule has 1 aliphatic heterocycles. The molecule has 2 amide bonds. The average molecular weight is 475 g/mol. The van der Waals surface area contributed by atoms with E-state index in [1.807, 2.05) is 24.3 Å². The van der Waals surface area contributed by atoms with Crippen LogP contribution >= 0.6 is 0 Å². The number of ether oxygens (including phenoxy) is 1. The van der Waals surface area contributed by atoms with E-state index in [1.54, 1.807) is 4.90 Å². The Bertz CT molecular complexity index is 1220. The number of carboxylic acids is 1. The van der Waals surface area contributed by atoms with E-state index in [9.17, 15) is 14.4 Å². The van der Waals surface area contributed by atoms with Crippen molar-refractivity contribution in [2.45, 2.75) is 25.2 Å². The number of aliphatic carboxylic acids is 1. The van der Waals surface area contributed by atoms with E-state index in [0.29, 0.717) is 19.5 Å². The Balaban J connectivity index is 1.16. The molecule has 3 N–H and O–H groups in total. The Morgan fingerprint density at radius 3 is 2.46 bits per heavy atom. The summed E-state index contributed by atoms with van der Waals surface area (Å²) in [6.07, 6.45) is 0.784. The standard InChI is InChI=1S/C26H26N4O5/c31-24(32)10-9-16-11-12-30(14-16)25(33)22-13-23(29-28-22)27-26(34)35-15-21-19-7-3-1-5-17(19)18-6-2-4-8-20(18)21/h1-8,13,16,21H,9-12,14-15H2,(H,31,32)(H2,27,28,29,34). The first kappa shape index (κ1) is 22.6. The number of carboxylic acid groups (broad SMARTS) is 1. The molecule has 0 spiro atoms. The highest BCUT2D eigenvalue weighted by molar-refractivity contribution is 5.94. The number of carbonyl (C=O) groups is 3. The molecule has 1 saturated heterocycles. The molecule has 1 fully saturated rings. The number of benzene rings is 2. The predicted molar refractivity (Wildman–Crippen MR) is 128 cm³/mol. The number of nitrogens with zero attached hydrogens (tertiary/aromatic N) is 2. The van der Waals surface area contributed by atoms with Gasteiger partial charge in [-0.2, -0.15) is 5.10 Å². The number of hydrogen-bond acceptors (Lipinski definition) is 5. The fourth-order valence-corrected chi connectivity index (χ4v) is 4.99. The molecule has 3 aromatic rings. The van der Waals surface area contributed by atoms with Crippen LogP contribution in [0.2, 0.25) is 0 Å². The lowest BCUT2D eigenvalue weighted by Crippen LogP contribution is -2.29. The zero-order chi connectivity index (χ0) is 24.4. The Hall–Kier alpha value is -4.14. The first-order chi connectivity index (χ1) is 17.0. The Morgan fingerprint density at radius 1 is 1.09 bits per heavy atom. The van der Waals surface area contributed by atoms with Crippen LogP contribution < -0.4 is 5.32 Å². The van der Waals surface area contributed by atoms with Gasteiger partial charge in [0.1, 0.15) is 12.3 Å². The summed E-state index contributed by atoms with van der Waals surface area (Å²) in [6.45, 7) is 1.26. The molecule has 5 rings (SSSR count). The van der Waals surface area contributed by atoms with Gasteiger partial charge in [0.05, 0.1) is 0 Å². The summed E-state index contributed by atoms with van der Waals surface area (Å²) in [6, 6.07) is 17.7. The van der Waals surface area contributed by atoms with Crippen LogP contribution in [0.5, 0.6) is 0 Å². The van der Waals surface area contributed by atoms with Gasteiger partial charge in [-0.1, -0.05) is 48.5 Å². The molecule has 0 bridgehead atoms. The van der Waals surface area contributed by atoms with Gasteiger partial charge in [-0.25, -0.2) is 4.79 Å². The summed E-state index contributed by atoms with van der Waals surface area (Å²) in [5.41, 5.74) is 4.82. The number of hydrogen-bond donors (Lipinski definition) is 3. The zero-order valence-electron chi connectivity index (χ0n) is 19.1. The van der Waals surface area contributed by atoms with E-state index in [2.05, 4.69) is 39.8 Å². The Labute approximate surface area is 202 Å². The molecule has 0 saturated carbocycles. The molecule has 1 unspecified atom stereocenters. The number of likely N-dealkylation sites (tertiary alicyclic amines) is 1.